The summed E-state index contributed by atoms with van der Waals surface area (Å²) in [5, 5.41) is 0. The molecule has 146 valence electrons. The lowest BCUT2D eigenvalue weighted by atomic mass is 9.97. The van der Waals surface area contributed by atoms with E-state index in [1.54, 1.807) is 70.4 Å². The molecular weight excluding hydrogens is 360 g/mol. The predicted molar refractivity (Wildman–Crippen MR) is 104 cm³/mol. The number of allylic oxidation sites excluding steroid dienone is 1. The molecule has 0 amide bonds. The highest BCUT2D eigenvalue weighted by atomic mass is 16.5. The largest absolute Gasteiger partial charge is 0.493 e. The SMILES string of the molecule is COc1cccc(/C=C2/Oc3cc(OC(=O)C(C)(C)C)ccc3C2=O)c1OC. The highest BCUT2D eigenvalue weighted by Crippen LogP contribution is 2.38. The zero-order valence-electron chi connectivity index (χ0n) is 16.5. The number of hydrogen-bond acceptors (Lipinski definition) is 6. The summed E-state index contributed by atoms with van der Waals surface area (Å²) < 4.78 is 21.8. The average molecular weight is 382 g/mol. The van der Waals surface area contributed by atoms with Gasteiger partial charge in [0, 0.05) is 11.6 Å². The van der Waals surface area contributed by atoms with E-state index in [2.05, 4.69) is 0 Å². The van der Waals surface area contributed by atoms with Crippen molar-refractivity contribution < 1.29 is 28.5 Å². The minimum Gasteiger partial charge on any atom is -0.493 e. The van der Waals surface area contributed by atoms with Crippen LogP contribution in [0.15, 0.2) is 42.2 Å². The van der Waals surface area contributed by atoms with Crippen LogP contribution in [0.1, 0.15) is 36.7 Å². The van der Waals surface area contributed by atoms with Crippen molar-refractivity contribution in [2.24, 2.45) is 5.41 Å². The second kappa shape index (κ2) is 7.38. The maximum atomic E-state index is 12.7. The topological polar surface area (TPSA) is 71.1 Å². The molecule has 0 aliphatic carbocycles. The third kappa shape index (κ3) is 3.71. The third-order valence-electron chi connectivity index (χ3n) is 4.18. The predicted octanol–water partition coefficient (Wildman–Crippen LogP) is 4.27. The van der Waals surface area contributed by atoms with E-state index < -0.39 is 5.41 Å². The maximum Gasteiger partial charge on any atom is 0.316 e. The molecule has 1 aliphatic heterocycles. The summed E-state index contributed by atoms with van der Waals surface area (Å²) in [6.45, 7) is 5.31. The number of rotatable bonds is 4. The number of ketones is 1. The lowest BCUT2D eigenvalue weighted by Gasteiger charge is -2.16. The summed E-state index contributed by atoms with van der Waals surface area (Å²) >= 11 is 0. The van der Waals surface area contributed by atoms with E-state index in [9.17, 15) is 9.59 Å². The smallest absolute Gasteiger partial charge is 0.316 e. The normalized spacial score (nSPS) is 14.5. The van der Waals surface area contributed by atoms with E-state index in [1.807, 2.05) is 0 Å². The molecule has 0 spiro atoms. The lowest BCUT2D eigenvalue weighted by Crippen LogP contribution is -2.25. The van der Waals surface area contributed by atoms with Crippen molar-refractivity contribution in [3.8, 4) is 23.0 Å². The van der Waals surface area contributed by atoms with Gasteiger partial charge in [0.15, 0.2) is 17.3 Å². The van der Waals surface area contributed by atoms with Gasteiger partial charge in [0.2, 0.25) is 5.78 Å². The van der Waals surface area contributed by atoms with E-state index in [0.29, 0.717) is 34.1 Å². The number of ether oxygens (including phenoxy) is 4. The first kappa shape index (κ1) is 19.5. The average Bonchev–Trinajstić information content (AvgIpc) is 2.95. The Morgan fingerprint density at radius 2 is 1.82 bits per heavy atom. The molecule has 6 heteroatoms. The Balaban J connectivity index is 1.90. The van der Waals surface area contributed by atoms with Crippen molar-refractivity contribution in [2.45, 2.75) is 20.8 Å². The van der Waals surface area contributed by atoms with Gasteiger partial charge < -0.3 is 18.9 Å². The van der Waals surface area contributed by atoms with Gasteiger partial charge in [-0.05, 0) is 45.0 Å². The second-order valence-electron chi connectivity index (χ2n) is 7.32. The minimum absolute atomic E-state index is 0.154. The summed E-state index contributed by atoms with van der Waals surface area (Å²) in [6.07, 6.45) is 1.60. The fourth-order valence-corrected chi connectivity index (χ4v) is 2.66. The molecule has 0 atom stereocenters. The monoisotopic (exact) mass is 382 g/mol. The van der Waals surface area contributed by atoms with E-state index in [0.717, 1.165) is 0 Å². The molecule has 0 aromatic heterocycles. The number of carbonyl (C=O) groups excluding carboxylic acids is 2. The van der Waals surface area contributed by atoms with Crippen LogP contribution in [0.25, 0.3) is 6.08 Å². The molecule has 3 rings (SSSR count). The van der Waals surface area contributed by atoms with Crippen LogP contribution in [0.2, 0.25) is 0 Å². The van der Waals surface area contributed by atoms with Crippen molar-refractivity contribution in [3.63, 3.8) is 0 Å². The number of fused-ring (bicyclic) bond motifs is 1. The van der Waals surface area contributed by atoms with Gasteiger partial charge in [-0.25, -0.2) is 0 Å². The molecule has 2 aromatic carbocycles. The van der Waals surface area contributed by atoms with Crippen LogP contribution in [0.5, 0.6) is 23.0 Å². The molecule has 0 saturated carbocycles. The highest BCUT2D eigenvalue weighted by molar-refractivity contribution is 6.14. The van der Waals surface area contributed by atoms with Gasteiger partial charge in [-0.2, -0.15) is 0 Å². The van der Waals surface area contributed by atoms with Gasteiger partial charge in [-0.15, -0.1) is 0 Å². The molecule has 0 saturated heterocycles. The van der Waals surface area contributed by atoms with Crippen LogP contribution in [0.4, 0.5) is 0 Å². The van der Waals surface area contributed by atoms with Crippen molar-refractivity contribution in [1.29, 1.82) is 0 Å². The van der Waals surface area contributed by atoms with E-state index in [4.69, 9.17) is 18.9 Å². The van der Waals surface area contributed by atoms with Crippen molar-refractivity contribution in [1.82, 2.24) is 0 Å². The van der Waals surface area contributed by atoms with Gasteiger partial charge in [-0.3, -0.25) is 9.59 Å². The Kier molecular flexibility index (Phi) is 5.14. The number of hydrogen-bond donors (Lipinski definition) is 0. The van der Waals surface area contributed by atoms with Crippen LogP contribution < -0.4 is 18.9 Å². The Morgan fingerprint density at radius 1 is 1.07 bits per heavy atom. The van der Waals surface area contributed by atoms with Crippen molar-refractivity contribution in [3.05, 3.63) is 53.3 Å². The van der Waals surface area contributed by atoms with Gasteiger partial charge in [0.05, 0.1) is 25.2 Å². The molecule has 2 aromatic rings. The first-order valence-corrected chi connectivity index (χ1v) is 8.76. The van der Waals surface area contributed by atoms with Crippen LogP contribution in [-0.4, -0.2) is 26.0 Å². The van der Waals surface area contributed by atoms with Crippen LogP contribution in [0, 0.1) is 5.41 Å². The van der Waals surface area contributed by atoms with Gasteiger partial charge >= 0.3 is 5.97 Å². The summed E-state index contributed by atoms with van der Waals surface area (Å²) in [7, 11) is 3.07. The van der Waals surface area contributed by atoms with Crippen LogP contribution in [-0.2, 0) is 4.79 Å². The summed E-state index contributed by atoms with van der Waals surface area (Å²) in [5.41, 5.74) is 0.421. The molecule has 28 heavy (non-hydrogen) atoms. The number of benzene rings is 2. The van der Waals surface area contributed by atoms with Crippen LogP contribution in [0.3, 0.4) is 0 Å². The Hall–Kier alpha value is -3.28. The van der Waals surface area contributed by atoms with Crippen molar-refractivity contribution >= 4 is 17.8 Å². The van der Waals surface area contributed by atoms with Crippen molar-refractivity contribution in [2.75, 3.05) is 14.2 Å². The van der Waals surface area contributed by atoms with Crippen LogP contribution >= 0.6 is 0 Å². The number of carbonyl (C=O) groups is 2. The number of esters is 1. The maximum absolute atomic E-state index is 12.7. The molecular formula is C22H22O6. The Morgan fingerprint density at radius 3 is 2.46 bits per heavy atom. The Bertz CT molecular complexity index is 965. The molecule has 0 bridgehead atoms. The van der Waals surface area contributed by atoms with Gasteiger partial charge in [0.25, 0.3) is 0 Å². The standard InChI is InChI=1S/C22H22O6/c1-22(2,3)21(24)27-14-9-10-15-17(12-14)28-18(19(15)23)11-13-7-6-8-16(25-4)20(13)26-5/h6-12H,1-5H3/b18-11+. The first-order valence-electron chi connectivity index (χ1n) is 8.76. The number of methoxy groups -OCH3 is 2. The molecule has 0 N–H and O–H groups in total. The third-order valence-corrected chi connectivity index (χ3v) is 4.18. The molecule has 0 radical (unpaired) electrons. The first-order chi connectivity index (χ1) is 13.2. The zero-order valence-corrected chi connectivity index (χ0v) is 16.5. The second-order valence-corrected chi connectivity index (χ2v) is 7.32. The molecule has 6 nitrogen and oxygen atoms in total. The summed E-state index contributed by atoms with van der Waals surface area (Å²) in [6, 6.07) is 10.1. The van der Waals surface area contributed by atoms with Gasteiger partial charge in [0.1, 0.15) is 11.5 Å². The summed E-state index contributed by atoms with van der Waals surface area (Å²) in [4.78, 5) is 24.7. The molecule has 1 heterocycles. The number of Topliss-reactive ketones (excluding diaryl/α,β-unsaturated/α-hetero) is 1. The number of para-hydroxylation sites is 1. The summed E-state index contributed by atoms with van der Waals surface area (Å²) in [5.74, 6) is 1.26. The molecule has 1 aliphatic rings. The zero-order chi connectivity index (χ0) is 20.5. The minimum atomic E-state index is -0.635. The molecule has 0 unspecified atom stereocenters. The quantitative estimate of drug-likeness (QED) is 0.447. The highest BCUT2D eigenvalue weighted by Gasteiger charge is 2.29. The lowest BCUT2D eigenvalue weighted by molar-refractivity contribution is -0.143. The van der Waals surface area contributed by atoms with E-state index in [1.165, 1.54) is 7.11 Å². The Labute approximate surface area is 163 Å². The van der Waals surface area contributed by atoms with Gasteiger partial charge in [-0.1, -0.05) is 12.1 Å². The fourth-order valence-electron chi connectivity index (χ4n) is 2.66. The van der Waals surface area contributed by atoms with E-state index >= 15 is 0 Å². The fraction of sp³-hybridized carbons (Fsp3) is 0.273. The molecule has 0 fully saturated rings. The van der Waals surface area contributed by atoms with E-state index in [-0.39, 0.29) is 17.5 Å².